The molecule has 1 aromatic heterocycles. The molecule has 17 heavy (non-hydrogen) atoms. The van der Waals surface area contributed by atoms with Crippen molar-refractivity contribution >= 4 is 28.4 Å². The molecule has 2 heterocycles. The first-order valence-electron chi connectivity index (χ1n) is 5.94. The number of halogens is 1. The van der Waals surface area contributed by atoms with Crippen molar-refractivity contribution in [2.75, 3.05) is 44.2 Å². The normalized spacial score (nSPS) is 17.4. The monoisotopic (exact) mass is 347 g/mol. The van der Waals surface area contributed by atoms with Crippen LogP contribution in [-0.2, 0) is 0 Å². The molecule has 6 heteroatoms. The van der Waals surface area contributed by atoms with E-state index in [-0.39, 0.29) is 0 Å². The lowest BCUT2D eigenvalue weighted by atomic mass is 10.3. The largest absolute Gasteiger partial charge is 0.353 e. The van der Waals surface area contributed by atoms with Crippen LogP contribution in [0.5, 0.6) is 0 Å². The van der Waals surface area contributed by atoms with Gasteiger partial charge in [-0.25, -0.2) is 9.97 Å². The zero-order chi connectivity index (χ0) is 12.1. The van der Waals surface area contributed by atoms with Crippen LogP contribution in [-0.4, -0.2) is 54.1 Å². The lowest BCUT2D eigenvalue weighted by Crippen LogP contribution is -2.47. The molecule has 0 saturated carbocycles. The first kappa shape index (κ1) is 13.0. The third-order valence-electron chi connectivity index (χ3n) is 3.00. The third-order valence-corrected chi connectivity index (χ3v) is 3.76. The Kier molecular flexibility index (Phi) is 4.93. The first-order valence-corrected chi connectivity index (χ1v) is 7.02. The minimum absolute atomic E-state index is 0.782. The number of nitrogens with zero attached hydrogens (tertiary/aromatic N) is 4. The van der Waals surface area contributed by atoms with Gasteiger partial charge in [-0.2, -0.15) is 0 Å². The average molecular weight is 347 g/mol. The van der Waals surface area contributed by atoms with E-state index in [0.29, 0.717) is 0 Å². The fourth-order valence-corrected chi connectivity index (χ4v) is 2.68. The van der Waals surface area contributed by atoms with Gasteiger partial charge in [0.1, 0.15) is 12.1 Å². The van der Waals surface area contributed by atoms with Crippen LogP contribution in [0.4, 0.5) is 5.82 Å². The summed E-state index contributed by atoms with van der Waals surface area (Å²) in [5, 5.41) is 0. The predicted octanol–water partition coefficient (Wildman–Crippen LogP) is 0.552. The number of aromatic nitrogens is 2. The lowest BCUT2D eigenvalue weighted by molar-refractivity contribution is 0.255. The first-order chi connectivity index (χ1) is 8.31. The van der Waals surface area contributed by atoms with Crippen LogP contribution in [0.25, 0.3) is 0 Å². The fourth-order valence-electron chi connectivity index (χ4n) is 2.04. The van der Waals surface area contributed by atoms with Crippen molar-refractivity contribution in [1.82, 2.24) is 14.9 Å². The van der Waals surface area contributed by atoms with E-state index in [1.165, 1.54) is 0 Å². The van der Waals surface area contributed by atoms with Gasteiger partial charge in [0.25, 0.3) is 0 Å². The Morgan fingerprint density at radius 2 is 2.06 bits per heavy atom. The molecule has 0 unspecified atom stereocenters. The van der Waals surface area contributed by atoms with E-state index in [4.69, 9.17) is 5.73 Å². The summed E-state index contributed by atoms with van der Waals surface area (Å²) in [4.78, 5) is 13.2. The molecule has 0 radical (unpaired) electrons. The third kappa shape index (κ3) is 3.49. The number of nitrogens with two attached hydrogens (primary N) is 1. The van der Waals surface area contributed by atoms with Crippen molar-refractivity contribution in [3.05, 3.63) is 16.1 Å². The zero-order valence-electron chi connectivity index (χ0n) is 9.85. The smallest absolute Gasteiger partial charge is 0.145 e. The second kappa shape index (κ2) is 6.46. The molecule has 2 N–H and O–H groups in total. The number of rotatable bonds is 4. The van der Waals surface area contributed by atoms with E-state index in [2.05, 4.69) is 42.4 Å². The Bertz CT molecular complexity index is 351. The average Bonchev–Trinajstić information content (AvgIpc) is 2.38. The van der Waals surface area contributed by atoms with Gasteiger partial charge < -0.3 is 10.6 Å². The van der Waals surface area contributed by atoms with E-state index in [1.807, 2.05) is 6.20 Å². The van der Waals surface area contributed by atoms with Gasteiger partial charge in [-0.15, -0.1) is 0 Å². The second-order valence-electron chi connectivity index (χ2n) is 4.17. The van der Waals surface area contributed by atoms with E-state index in [0.717, 1.165) is 55.1 Å². The molecule has 2 rings (SSSR count). The molecular weight excluding hydrogens is 329 g/mol. The number of piperazine rings is 1. The van der Waals surface area contributed by atoms with Gasteiger partial charge in [0.2, 0.25) is 0 Å². The predicted molar refractivity (Wildman–Crippen MR) is 77.1 cm³/mol. The van der Waals surface area contributed by atoms with E-state index in [9.17, 15) is 0 Å². The molecule has 0 amide bonds. The molecule has 0 spiro atoms. The molecule has 1 aliphatic heterocycles. The Labute approximate surface area is 116 Å². The molecule has 0 bridgehead atoms. The molecule has 5 nitrogen and oxygen atoms in total. The van der Waals surface area contributed by atoms with Crippen molar-refractivity contribution in [3.63, 3.8) is 0 Å². The lowest BCUT2D eigenvalue weighted by Gasteiger charge is -2.35. The quantitative estimate of drug-likeness (QED) is 0.807. The summed E-state index contributed by atoms with van der Waals surface area (Å²) in [5.74, 6) is 1.07. The van der Waals surface area contributed by atoms with Crippen LogP contribution >= 0.6 is 22.6 Å². The summed E-state index contributed by atoms with van der Waals surface area (Å²) in [6.07, 6.45) is 4.58. The summed E-state index contributed by atoms with van der Waals surface area (Å²) in [6.45, 7) is 6.17. The zero-order valence-corrected chi connectivity index (χ0v) is 12.0. The van der Waals surface area contributed by atoms with Crippen LogP contribution in [0.1, 0.15) is 6.42 Å². The Hall–Kier alpha value is -0.470. The molecular formula is C11H18IN5. The SMILES string of the molecule is NCCCN1CCN(c2ncncc2I)CC1. The maximum atomic E-state index is 5.53. The molecule has 94 valence electrons. The van der Waals surface area contributed by atoms with E-state index >= 15 is 0 Å². The summed E-state index contributed by atoms with van der Waals surface area (Å²) >= 11 is 2.29. The summed E-state index contributed by atoms with van der Waals surface area (Å²) in [5.41, 5.74) is 5.53. The highest BCUT2D eigenvalue weighted by atomic mass is 127. The maximum absolute atomic E-state index is 5.53. The van der Waals surface area contributed by atoms with Crippen LogP contribution < -0.4 is 10.6 Å². The molecule has 0 aromatic carbocycles. The van der Waals surface area contributed by atoms with Crippen LogP contribution in [0.3, 0.4) is 0 Å². The fraction of sp³-hybridized carbons (Fsp3) is 0.636. The number of hydrogen-bond donors (Lipinski definition) is 1. The van der Waals surface area contributed by atoms with Crippen molar-refractivity contribution in [2.24, 2.45) is 5.73 Å². The van der Waals surface area contributed by atoms with Gasteiger partial charge >= 0.3 is 0 Å². The van der Waals surface area contributed by atoms with Crippen LogP contribution in [0.15, 0.2) is 12.5 Å². The summed E-state index contributed by atoms with van der Waals surface area (Å²) in [6, 6.07) is 0. The molecule has 0 atom stereocenters. The number of hydrogen-bond acceptors (Lipinski definition) is 5. The van der Waals surface area contributed by atoms with Gasteiger partial charge in [-0.05, 0) is 42.1 Å². The second-order valence-corrected chi connectivity index (χ2v) is 5.33. The Balaban J connectivity index is 1.89. The van der Waals surface area contributed by atoms with Crippen LogP contribution in [0, 0.1) is 3.57 Å². The summed E-state index contributed by atoms with van der Waals surface area (Å²) < 4.78 is 1.13. The summed E-state index contributed by atoms with van der Waals surface area (Å²) in [7, 11) is 0. The minimum atomic E-state index is 0.782. The van der Waals surface area contributed by atoms with Crippen molar-refractivity contribution in [3.8, 4) is 0 Å². The Morgan fingerprint density at radius 1 is 1.29 bits per heavy atom. The molecule has 1 aliphatic rings. The van der Waals surface area contributed by atoms with Crippen molar-refractivity contribution < 1.29 is 0 Å². The molecule has 1 aromatic rings. The molecule has 1 saturated heterocycles. The van der Waals surface area contributed by atoms with Gasteiger partial charge in [-0.3, -0.25) is 4.90 Å². The van der Waals surface area contributed by atoms with Crippen molar-refractivity contribution in [1.29, 1.82) is 0 Å². The van der Waals surface area contributed by atoms with E-state index < -0.39 is 0 Å². The van der Waals surface area contributed by atoms with Gasteiger partial charge in [0.05, 0.1) is 3.57 Å². The highest BCUT2D eigenvalue weighted by Gasteiger charge is 2.18. The maximum Gasteiger partial charge on any atom is 0.145 e. The molecule has 0 aliphatic carbocycles. The van der Waals surface area contributed by atoms with Gasteiger partial charge in [0.15, 0.2) is 0 Å². The van der Waals surface area contributed by atoms with Gasteiger partial charge in [0, 0.05) is 32.4 Å². The Morgan fingerprint density at radius 3 is 2.71 bits per heavy atom. The van der Waals surface area contributed by atoms with Crippen molar-refractivity contribution in [2.45, 2.75) is 6.42 Å². The minimum Gasteiger partial charge on any atom is -0.353 e. The highest BCUT2D eigenvalue weighted by Crippen LogP contribution is 2.19. The van der Waals surface area contributed by atoms with E-state index in [1.54, 1.807) is 6.33 Å². The number of anilines is 1. The standard InChI is InChI=1S/C11H18IN5/c12-10-8-14-9-15-11(10)17-6-4-16(5-7-17)3-1-2-13/h8-9H,1-7,13H2. The van der Waals surface area contributed by atoms with Gasteiger partial charge in [-0.1, -0.05) is 0 Å². The van der Waals surface area contributed by atoms with Crippen LogP contribution in [0.2, 0.25) is 0 Å². The topological polar surface area (TPSA) is 58.3 Å². The molecule has 1 fully saturated rings. The highest BCUT2D eigenvalue weighted by molar-refractivity contribution is 14.1.